The molecule has 0 bridgehead atoms. The number of methoxy groups -OCH3 is 1. The number of hydrogen-bond donors (Lipinski definition) is 0. The summed E-state index contributed by atoms with van der Waals surface area (Å²) in [5.41, 5.74) is 1.01. The number of hydrogen-bond acceptors (Lipinski definition) is 4. The number of para-hydroxylation sites is 1. The number of rotatable bonds is 5. The Morgan fingerprint density at radius 1 is 1.29 bits per heavy atom. The van der Waals surface area contributed by atoms with E-state index in [9.17, 15) is 13.2 Å². The van der Waals surface area contributed by atoms with Gasteiger partial charge in [-0.2, -0.15) is 13.2 Å². The van der Waals surface area contributed by atoms with E-state index in [1.54, 1.807) is 19.1 Å². The molecule has 0 aliphatic carbocycles. The Bertz CT molecular complexity index is 598. The first-order valence-electron chi connectivity index (χ1n) is 6.28. The van der Waals surface area contributed by atoms with Crippen molar-refractivity contribution in [1.82, 2.24) is 4.98 Å². The molecule has 1 aromatic carbocycles. The minimum atomic E-state index is -4.33. The standard InChI is InChI=1S/C14H15F3N2OS/c1-19(13-18-9-12(21-13)14(15,16)17)8-7-10-5-3-4-6-11(10)20-2/h3-6,9H,7-8H2,1-2H3. The maximum absolute atomic E-state index is 12.5. The first-order valence-corrected chi connectivity index (χ1v) is 7.09. The minimum absolute atomic E-state index is 0.359. The molecule has 0 atom stereocenters. The molecular formula is C14H15F3N2OS. The SMILES string of the molecule is COc1ccccc1CCN(C)c1ncc(C(F)(F)F)s1. The highest BCUT2D eigenvalue weighted by molar-refractivity contribution is 7.15. The zero-order valence-electron chi connectivity index (χ0n) is 11.6. The van der Waals surface area contributed by atoms with Crippen LogP contribution in [-0.4, -0.2) is 25.7 Å². The predicted molar refractivity (Wildman–Crippen MR) is 77.1 cm³/mol. The highest BCUT2D eigenvalue weighted by Crippen LogP contribution is 2.36. The van der Waals surface area contributed by atoms with E-state index in [4.69, 9.17) is 4.74 Å². The van der Waals surface area contributed by atoms with E-state index in [1.165, 1.54) is 0 Å². The van der Waals surface area contributed by atoms with Crippen molar-refractivity contribution < 1.29 is 17.9 Å². The van der Waals surface area contributed by atoms with Gasteiger partial charge in [0, 0.05) is 13.6 Å². The summed E-state index contributed by atoms with van der Waals surface area (Å²) >= 11 is 0.652. The van der Waals surface area contributed by atoms with Gasteiger partial charge in [-0.05, 0) is 18.1 Å². The molecule has 1 heterocycles. The molecular weight excluding hydrogens is 301 g/mol. The van der Waals surface area contributed by atoms with Gasteiger partial charge in [0.05, 0.1) is 13.3 Å². The third-order valence-corrected chi connectivity index (χ3v) is 4.16. The van der Waals surface area contributed by atoms with Crippen molar-refractivity contribution >= 4 is 16.5 Å². The van der Waals surface area contributed by atoms with Gasteiger partial charge in [0.15, 0.2) is 5.13 Å². The van der Waals surface area contributed by atoms with E-state index in [-0.39, 0.29) is 0 Å². The van der Waals surface area contributed by atoms with Crippen molar-refractivity contribution in [3.8, 4) is 5.75 Å². The van der Waals surface area contributed by atoms with Crippen molar-refractivity contribution in [1.29, 1.82) is 0 Å². The summed E-state index contributed by atoms with van der Waals surface area (Å²) in [7, 11) is 3.33. The van der Waals surface area contributed by atoms with Crippen LogP contribution in [0.3, 0.4) is 0 Å². The fourth-order valence-corrected chi connectivity index (χ4v) is 2.64. The lowest BCUT2D eigenvalue weighted by Crippen LogP contribution is -2.20. The number of benzene rings is 1. The van der Waals surface area contributed by atoms with Crippen LogP contribution in [0, 0.1) is 0 Å². The minimum Gasteiger partial charge on any atom is -0.496 e. The van der Waals surface area contributed by atoms with Gasteiger partial charge in [-0.15, -0.1) is 0 Å². The van der Waals surface area contributed by atoms with E-state index in [0.29, 0.717) is 29.4 Å². The Kier molecular flexibility index (Phi) is 4.72. The van der Waals surface area contributed by atoms with Gasteiger partial charge < -0.3 is 9.64 Å². The predicted octanol–water partition coefficient (Wildman–Crippen LogP) is 3.85. The number of nitrogens with zero attached hydrogens (tertiary/aromatic N) is 2. The third-order valence-electron chi connectivity index (χ3n) is 3.01. The normalized spacial score (nSPS) is 11.5. The van der Waals surface area contributed by atoms with E-state index in [2.05, 4.69) is 4.98 Å². The summed E-state index contributed by atoms with van der Waals surface area (Å²) in [6, 6.07) is 7.58. The molecule has 7 heteroatoms. The second kappa shape index (κ2) is 6.34. The molecule has 0 fully saturated rings. The lowest BCUT2D eigenvalue weighted by atomic mass is 10.1. The number of alkyl halides is 3. The maximum atomic E-state index is 12.5. The van der Waals surface area contributed by atoms with Gasteiger partial charge in [-0.25, -0.2) is 4.98 Å². The average molecular weight is 316 g/mol. The third kappa shape index (κ3) is 3.87. The molecule has 0 aliphatic rings. The van der Waals surface area contributed by atoms with Crippen LogP contribution in [0.2, 0.25) is 0 Å². The molecule has 3 nitrogen and oxygen atoms in total. The van der Waals surface area contributed by atoms with Gasteiger partial charge in [0.2, 0.25) is 0 Å². The zero-order chi connectivity index (χ0) is 15.5. The lowest BCUT2D eigenvalue weighted by molar-refractivity contribution is -0.134. The molecule has 0 N–H and O–H groups in total. The van der Waals surface area contributed by atoms with Crippen LogP contribution >= 0.6 is 11.3 Å². The molecule has 2 aromatic rings. The molecule has 0 saturated heterocycles. The average Bonchev–Trinajstić information content (AvgIpc) is 2.95. The molecule has 0 saturated carbocycles. The number of aromatic nitrogens is 1. The summed E-state index contributed by atoms with van der Waals surface area (Å²) in [4.78, 5) is 4.87. The number of anilines is 1. The Labute approximate surface area is 125 Å². The highest BCUT2D eigenvalue weighted by atomic mass is 32.1. The van der Waals surface area contributed by atoms with Crippen LogP contribution in [-0.2, 0) is 12.6 Å². The van der Waals surface area contributed by atoms with Crippen LogP contribution in [0.1, 0.15) is 10.4 Å². The monoisotopic (exact) mass is 316 g/mol. The van der Waals surface area contributed by atoms with Crippen molar-refractivity contribution in [2.75, 3.05) is 25.6 Å². The van der Waals surface area contributed by atoms with Gasteiger partial charge in [-0.1, -0.05) is 29.5 Å². The molecule has 114 valence electrons. The van der Waals surface area contributed by atoms with Gasteiger partial charge in [0.1, 0.15) is 10.6 Å². The van der Waals surface area contributed by atoms with Crippen molar-refractivity contribution in [2.24, 2.45) is 0 Å². The largest absolute Gasteiger partial charge is 0.496 e. The Balaban J connectivity index is 2.02. The second-order valence-corrected chi connectivity index (χ2v) is 5.50. The molecule has 0 radical (unpaired) electrons. The number of likely N-dealkylation sites (N-methyl/N-ethyl adjacent to an activating group) is 1. The summed E-state index contributed by atoms with van der Waals surface area (Å²) in [6.07, 6.45) is -2.79. The van der Waals surface area contributed by atoms with Crippen LogP contribution in [0.4, 0.5) is 18.3 Å². The fourth-order valence-electron chi connectivity index (χ4n) is 1.87. The molecule has 0 unspecified atom stereocenters. The van der Waals surface area contributed by atoms with Crippen LogP contribution < -0.4 is 9.64 Å². The van der Waals surface area contributed by atoms with Crippen molar-refractivity contribution in [3.05, 3.63) is 40.9 Å². The topological polar surface area (TPSA) is 25.4 Å². The fraction of sp³-hybridized carbons (Fsp3) is 0.357. The summed E-state index contributed by atoms with van der Waals surface area (Å²) < 4.78 is 42.9. The summed E-state index contributed by atoms with van der Waals surface area (Å²) in [5.74, 6) is 0.779. The number of halogens is 3. The van der Waals surface area contributed by atoms with Crippen molar-refractivity contribution in [2.45, 2.75) is 12.6 Å². The van der Waals surface area contributed by atoms with E-state index < -0.39 is 11.1 Å². The van der Waals surface area contributed by atoms with Gasteiger partial charge in [-0.3, -0.25) is 0 Å². The lowest BCUT2D eigenvalue weighted by Gasteiger charge is -2.16. The molecule has 1 aromatic heterocycles. The zero-order valence-corrected chi connectivity index (χ0v) is 12.5. The Hall–Kier alpha value is -1.76. The second-order valence-electron chi connectivity index (χ2n) is 4.49. The maximum Gasteiger partial charge on any atom is 0.427 e. The molecule has 0 amide bonds. The number of thiazole rings is 1. The van der Waals surface area contributed by atoms with Crippen LogP contribution in [0.5, 0.6) is 5.75 Å². The van der Waals surface area contributed by atoms with Gasteiger partial charge >= 0.3 is 6.18 Å². The van der Waals surface area contributed by atoms with Crippen molar-refractivity contribution in [3.63, 3.8) is 0 Å². The first kappa shape index (κ1) is 15.6. The molecule has 2 rings (SSSR count). The van der Waals surface area contributed by atoms with E-state index in [1.807, 2.05) is 24.3 Å². The van der Waals surface area contributed by atoms with Gasteiger partial charge in [0.25, 0.3) is 0 Å². The summed E-state index contributed by atoms with van der Waals surface area (Å²) in [6.45, 7) is 0.561. The smallest absolute Gasteiger partial charge is 0.427 e. The van der Waals surface area contributed by atoms with Crippen LogP contribution in [0.25, 0.3) is 0 Å². The summed E-state index contributed by atoms with van der Waals surface area (Å²) in [5, 5.41) is 0.359. The first-order chi connectivity index (χ1) is 9.91. The van der Waals surface area contributed by atoms with Crippen LogP contribution in [0.15, 0.2) is 30.5 Å². The van der Waals surface area contributed by atoms with E-state index in [0.717, 1.165) is 17.5 Å². The molecule has 0 aliphatic heterocycles. The quantitative estimate of drug-likeness (QED) is 0.838. The van der Waals surface area contributed by atoms with E-state index >= 15 is 0 Å². The Morgan fingerprint density at radius 2 is 2.00 bits per heavy atom. The molecule has 0 spiro atoms. The molecule has 21 heavy (non-hydrogen) atoms. The number of ether oxygens (including phenoxy) is 1. The Morgan fingerprint density at radius 3 is 2.62 bits per heavy atom. The highest BCUT2D eigenvalue weighted by Gasteiger charge is 2.33.